The van der Waals surface area contributed by atoms with E-state index in [0.29, 0.717) is 12.1 Å². The molecule has 11 heteroatoms. The molecule has 2 bridgehead atoms. The Morgan fingerprint density at radius 2 is 1.87 bits per heavy atom. The van der Waals surface area contributed by atoms with E-state index in [0.717, 1.165) is 6.20 Å². The number of carbonyl (C=O) groups excluding carboxylic acids is 2. The minimum atomic E-state index is -1.22. The van der Waals surface area contributed by atoms with E-state index in [1.54, 1.807) is 0 Å². The van der Waals surface area contributed by atoms with Crippen molar-refractivity contribution < 1.29 is 32.3 Å². The Labute approximate surface area is 172 Å². The van der Waals surface area contributed by atoms with Crippen LogP contribution in [0.1, 0.15) is 45.3 Å². The largest absolute Gasteiger partial charge is 0.503 e. The molecule has 1 saturated heterocycles. The highest BCUT2D eigenvalue weighted by Crippen LogP contribution is 2.32. The Hall–Kier alpha value is -3.37. The summed E-state index contributed by atoms with van der Waals surface area (Å²) >= 11 is 0. The van der Waals surface area contributed by atoms with Crippen molar-refractivity contribution in [3.8, 4) is 5.75 Å². The maximum atomic E-state index is 14.1. The highest BCUT2D eigenvalue weighted by molar-refractivity contribution is 5.99. The number of benzene rings is 1. The lowest BCUT2D eigenvalue weighted by molar-refractivity contribution is 0.0677. The van der Waals surface area contributed by atoms with Gasteiger partial charge in [-0.15, -0.1) is 0 Å². The molecule has 1 aromatic heterocycles. The summed E-state index contributed by atoms with van der Waals surface area (Å²) in [6, 6.07) is 0.289. The molecule has 31 heavy (non-hydrogen) atoms. The third kappa shape index (κ3) is 3.64. The van der Waals surface area contributed by atoms with Gasteiger partial charge in [0.2, 0.25) is 5.43 Å². The highest BCUT2D eigenvalue weighted by atomic mass is 19.1. The van der Waals surface area contributed by atoms with Gasteiger partial charge in [0, 0.05) is 49.9 Å². The highest BCUT2D eigenvalue weighted by Gasteiger charge is 2.38. The van der Waals surface area contributed by atoms with Crippen LogP contribution in [-0.2, 0) is 6.54 Å². The van der Waals surface area contributed by atoms with E-state index in [2.05, 4.69) is 5.32 Å². The Morgan fingerprint density at radius 1 is 1.19 bits per heavy atom. The van der Waals surface area contributed by atoms with Gasteiger partial charge in [-0.3, -0.25) is 14.4 Å². The smallest absolute Gasteiger partial charge is 0.274 e. The van der Waals surface area contributed by atoms with E-state index in [1.807, 2.05) is 0 Å². The van der Waals surface area contributed by atoms with Crippen LogP contribution in [0.15, 0.2) is 23.1 Å². The lowest BCUT2D eigenvalue weighted by atomic mass is 10.0. The standard InChI is InChI=1S/C20H17F4N3O4/c21-9-1-2-26-7-11(3-9)27-8-13(17(28)18(29)16(27)20(26)31)19(30)25-6-12-14(23)4-10(22)5-15(12)24/h4-5,8-9,11,29H,1-3,6-7H2,(H,25,30)/t9?,11-/m0/s1. The zero-order valence-corrected chi connectivity index (χ0v) is 16.0. The summed E-state index contributed by atoms with van der Waals surface area (Å²) in [6.45, 7) is -0.399. The summed E-state index contributed by atoms with van der Waals surface area (Å²) in [5, 5.41) is 12.5. The molecule has 4 rings (SSSR count). The molecular formula is C20H17F4N3O4. The number of nitrogens with one attached hydrogen (secondary N) is 1. The van der Waals surface area contributed by atoms with Gasteiger partial charge in [0.1, 0.15) is 29.2 Å². The number of carbonyl (C=O) groups is 2. The number of hydrogen-bond donors (Lipinski definition) is 2. The predicted molar refractivity (Wildman–Crippen MR) is 98.9 cm³/mol. The number of pyridine rings is 1. The van der Waals surface area contributed by atoms with E-state index < -0.39 is 70.3 Å². The molecule has 1 unspecified atom stereocenters. The molecule has 2 N–H and O–H groups in total. The van der Waals surface area contributed by atoms with Crippen molar-refractivity contribution in [3.63, 3.8) is 0 Å². The molecule has 1 fully saturated rings. The number of amides is 2. The van der Waals surface area contributed by atoms with Gasteiger partial charge in [-0.05, 0) is 6.42 Å². The van der Waals surface area contributed by atoms with Crippen LogP contribution in [0.4, 0.5) is 17.6 Å². The van der Waals surface area contributed by atoms with E-state index in [1.165, 1.54) is 9.47 Å². The van der Waals surface area contributed by atoms with Crippen LogP contribution in [0.3, 0.4) is 0 Å². The van der Waals surface area contributed by atoms with Crippen LogP contribution < -0.4 is 10.7 Å². The Bertz CT molecular complexity index is 1130. The van der Waals surface area contributed by atoms with Crippen molar-refractivity contribution in [1.29, 1.82) is 0 Å². The fourth-order valence-electron chi connectivity index (χ4n) is 3.95. The van der Waals surface area contributed by atoms with E-state index in [4.69, 9.17) is 0 Å². The molecule has 2 aromatic rings. The minimum absolute atomic E-state index is 0.0200. The van der Waals surface area contributed by atoms with Crippen molar-refractivity contribution >= 4 is 11.8 Å². The first-order valence-electron chi connectivity index (χ1n) is 9.50. The quantitative estimate of drug-likeness (QED) is 0.716. The maximum absolute atomic E-state index is 14.1. The normalized spacial score (nSPS) is 20.3. The van der Waals surface area contributed by atoms with Crippen molar-refractivity contribution in [2.45, 2.75) is 31.6 Å². The molecule has 2 amide bonds. The Kier molecular flexibility index (Phi) is 5.19. The Morgan fingerprint density at radius 3 is 2.55 bits per heavy atom. The molecule has 1 aromatic carbocycles. The van der Waals surface area contributed by atoms with Crippen molar-refractivity contribution in [1.82, 2.24) is 14.8 Å². The Balaban J connectivity index is 1.68. The second kappa shape index (κ2) is 7.71. The number of nitrogens with zero attached hydrogens (tertiary/aromatic N) is 2. The van der Waals surface area contributed by atoms with Gasteiger partial charge in [-0.1, -0.05) is 0 Å². The van der Waals surface area contributed by atoms with Gasteiger partial charge in [0.15, 0.2) is 11.4 Å². The summed E-state index contributed by atoms with van der Waals surface area (Å²) in [6.07, 6.45) is -0.0324. The van der Waals surface area contributed by atoms with Crippen LogP contribution in [-0.4, -0.2) is 45.6 Å². The SMILES string of the molecule is O=C(NCc1c(F)cc(F)cc1F)c1cn2c(c(O)c1=O)C(=O)N1CCC(F)C[C@H]2C1. The van der Waals surface area contributed by atoms with Gasteiger partial charge < -0.3 is 19.9 Å². The molecule has 2 atom stereocenters. The van der Waals surface area contributed by atoms with E-state index in [9.17, 15) is 37.1 Å². The van der Waals surface area contributed by atoms with Crippen molar-refractivity contribution in [2.75, 3.05) is 13.1 Å². The zero-order valence-electron chi connectivity index (χ0n) is 16.0. The molecule has 164 valence electrons. The summed E-state index contributed by atoms with van der Waals surface area (Å²) < 4.78 is 55.9. The molecule has 0 radical (unpaired) electrons. The number of aromatic nitrogens is 1. The van der Waals surface area contributed by atoms with Crippen LogP contribution in [0.2, 0.25) is 0 Å². The van der Waals surface area contributed by atoms with E-state index in [-0.39, 0.29) is 31.6 Å². The van der Waals surface area contributed by atoms with Crippen molar-refractivity contribution in [2.24, 2.45) is 0 Å². The monoisotopic (exact) mass is 439 g/mol. The molecular weight excluding hydrogens is 422 g/mol. The molecule has 7 nitrogen and oxygen atoms in total. The van der Waals surface area contributed by atoms with Crippen LogP contribution in [0.25, 0.3) is 0 Å². The number of aromatic hydroxyl groups is 1. The van der Waals surface area contributed by atoms with Gasteiger partial charge in [0.05, 0.1) is 6.04 Å². The van der Waals surface area contributed by atoms with Crippen molar-refractivity contribution in [3.05, 3.63) is 62.8 Å². The number of halogens is 4. The van der Waals surface area contributed by atoms with E-state index >= 15 is 0 Å². The van der Waals surface area contributed by atoms with Gasteiger partial charge >= 0.3 is 0 Å². The average Bonchev–Trinajstić information content (AvgIpc) is 2.87. The number of rotatable bonds is 3. The maximum Gasteiger partial charge on any atom is 0.274 e. The third-order valence-corrected chi connectivity index (χ3v) is 5.54. The second-order valence-corrected chi connectivity index (χ2v) is 7.53. The lowest BCUT2D eigenvalue weighted by Gasteiger charge is -2.34. The zero-order chi connectivity index (χ0) is 22.4. The fourth-order valence-corrected chi connectivity index (χ4v) is 3.95. The molecule has 3 heterocycles. The minimum Gasteiger partial charge on any atom is -0.503 e. The predicted octanol–water partition coefficient (Wildman–Crippen LogP) is 2.03. The number of fused-ring (bicyclic) bond motifs is 4. The summed E-state index contributed by atoms with van der Waals surface area (Å²) in [4.78, 5) is 39.0. The summed E-state index contributed by atoms with van der Waals surface area (Å²) in [5.74, 6) is -6.25. The first-order chi connectivity index (χ1) is 14.7. The molecule has 2 aliphatic rings. The van der Waals surface area contributed by atoms with Crippen LogP contribution in [0.5, 0.6) is 5.75 Å². The molecule has 0 saturated carbocycles. The molecule has 0 aliphatic carbocycles. The average molecular weight is 439 g/mol. The first kappa shape index (κ1) is 20.9. The number of alkyl halides is 1. The molecule has 2 aliphatic heterocycles. The van der Waals surface area contributed by atoms with Crippen LogP contribution in [0, 0.1) is 17.5 Å². The summed E-state index contributed by atoms with van der Waals surface area (Å²) in [5.41, 5.74) is -2.67. The molecule has 0 spiro atoms. The summed E-state index contributed by atoms with van der Waals surface area (Å²) in [7, 11) is 0. The van der Waals surface area contributed by atoms with Gasteiger partial charge in [-0.25, -0.2) is 17.6 Å². The topological polar surface area (TPSA) is 91.6 Å². The van der Waals surface area contributed by atoms with Gasteiger partial charge in [-0.2, -0.15) is 0 Å². The fraction of sp³-hybridized carbons (Fsp3) is 0.350. The lowest BCUT2D eigenvalue weighted by Crippen LogP contribution is -2.44. The van der Waals surface area contributed by atoms with Crippen LogP contribution >= 0.6 is 0 Å². The second-order valence-electron chi connectivity index (χ2n) is 7.53. The number of hydrogen-bond acceptors (Lipinski definition) is 4. The van der Waals surface area contributed by atoms with Gasteiger partial charge in [0.25, 0.3) is 11.8 Å². The third-order valence-electron chi connectivity index (χ3n) is 5.54. The first-order valence-corrected chi connectivity index (χ1v) is 9.50.